The van der Waals surface area contributed by atoms with Gasteiger partial charge in [0.25, 0.3) is 0 Å². The zero-order chi connectivity index (χ0) is 17.6. The summed E-state index contributed by atoms with van der Waals surface area (Å²) in [6.07, 6.45) is 1.77. The molecule has 124 valence electrons. The van der Waals surface area contributed by atoms with E-state index in [9.17, 15) is 4.79 Å². The number of ether oxygens (including phenoxy) is 1. The van der Waals surface area contributed by atoms with Gasteiger partial charge in [0.1, 0.15) is 5.75 Å². The van der Waals surface area contributed by atoms with E-state index >= 15 is 0 Å². The van der Waals surface area contributed by atoms with Gasteiger partial charge >= 0.3 is 5.97 Å². The summed E-state index contributed by atoms with van der Waals surface area (Å²) >= 11 is 3.35. The largest absolute Gasteiger partial charge is 0.423 e. The standard InChI is InChI=1S/C21H16BrNO2/c1-15-2-10-19(11-3-15)23-14-16-4-6-17(7-5-16)21(24)25-20-12-8-18(22)9-13-20/h2-14H,1H3. The number of carbonyl (C=O) groups is 1. The Bertz CT molecular complexity index is 883. The van der Waals surface area contributed by atoms with Gasteiger partial charge in [-0.15, -0.1) is 0 Å². The molecule has 0 aliphatic rings. The van der Waals surface area contributed by atoms with Crippen molar-refractivity contribution in [2.75, 3.05) is 0 Å². The molecule has 0 spiro atoms. The van der Waals surface area contributed by atoms with Crippen LogP contribution in [0.2, 0.25) is 0 Å². The van der Waals surface area contributed by atoms with Crippen molar-refractivity contribution in [2.24, 2.45) is 4.99 Å². The Morgan fingerprint density at radius 3 is 2.20 bits per heavy atom. The van der Waals surface area contributed by atoms with Gasteiger partial charge in [0, 0.05) is 10.7 Å². The van der Waals surface area contributed by atoms with E-state index in [1.165, 1.54) is 5.56 Å². The fourth-order valence-electron chi connectivity index (χ4n) is 2.15. The highest BCUT2D eigenvalue weighted by molar-refractivity contribution is 9.10. The zero-order valence-electron chi connectivity index (χ0n) is 13.6. The second-order valence-corrected chi connectivity index (χ2v) is 6.47. The third-order valence-corrected chi connectivity index (χ3v) is 4.10. The molecule has 0 unspecified atom stereocenters. The molecular weight excluding hydrogens is 378 g/mol. The molecule has 0 N–H and O–H groups in total. The lowest BCUT2D eigenvalue weighted by molar-refractivity contribution is 0.0735. The van der Waals surface area contributed by atoms with E-state index in [-0.39, 0.29) is 5.97 Å². The zero-order valence-corrected chi connectivity index (χ0v) is 15.2. The first-order valence-electron chi connectivity index (χ1n) is 7.79. The number of carbonyl (C=O) groups excluding carboxylic acids is 1. The Morgan fingerprint density at radius 2 is 1.56 bits per heavy atom. The van der Waals surface area contributed by atoms with Crippen molar-refractivity contribution in [1.82, 2.24) is 0 Å². The summed E-state index contributed by atoms with van der Waals surface area (Å²) in [7, 11) is 0. The van der Waals surface area contributed by atoms with Crippen LogP contribution in [0.25, 0.3) is 0 Å². The summed E-state index contributed by atoms with van der Waals surface area (Å²) in [6.45, 7) is 2.04. The smallest absolute Gasteiger partial charge is 0.343 e. The molecule has 3 rings (SSSR count). The molecule has 0 saturated heterocycles. The summed E-state index contributed by atoms with van der Waals surface area (Å²) in [5.41, 5.74) is 3.51. The summed E-state index contributed by atoms with van der Waals surface area (Å²) in [5.74, 6) is 0.127. The van der Waals surface area contributed by atoms with Crippen molar-refractivity contribution in [3.05, 3.63) is 94.0 Å². The van der Waals surface area contributed by atoms with Crippen molar-refractivity contribution in [3.8, 4) is 5.75 Å². The highest BCUT2D eigenvalue weighted by Crippen LogP contribution is 2.18. The van der Waals surface area contributed by atoms with E-state index < -0.39 is 0 Å². The number of nitrogens with zero attached hydrogens (tertiary/aromatic N) is 1. The second-order valence-electron chi connectivity index (χ2n) is 5.56. The molecular formula is C21H16BrNO2. The predicted molar refractivity (Wildman–Crippen MR) is 104 cm³/mol. The molecule has 3 nitrogen and oxygen atoms in total. The van der Waals surface area contributed by atoms with Crippen LogP contribution in [0.15, 0.2) is 82.3 Å². The summed E-state index contributed by atoms with van der Waals surface area (Å²) in [4.78, 5) is 16.6. The van der Waals surface area contributed by atoms with Gasteiger partial charge in [-0.05, 0) is 61.0 Å². The molecule has 4 heteroatoms. The molecule has 0 radical (unpaired) electrons. The minimum Gasteiger partial charge on any atom is -0.423 e. The van der Waals surface area contributed by atoms with Crippen LogP contribution >= 0.6 is 15.9 Å². The lowest BCUT2D eigenvalue weighted by atomic mass is 10.1. The van der Waals surface area contributed by atoms with Gasteiger partial charge in [-0.3, -0.25) is 4.99 Å². The summed E-state index contributed by atoms with van der Waals surface area (Å²) in [5, 5.41) is 0. The van der Waals surface area contributed by atoms with Gasteiger partial charge < -0.3 is 4.74 Å². The molecule has 3 aromatic carbocycles. The van der Waals surface area contributed by atoms with E-state index in [2.05, 4.69) is 20.9 Å². The van der Waals surface area contributed by atoms with Gasteiger partial charge in [-0.25, -0.2) is 4.79 Å². The van der Waals surface area contributed by atoms with Crippen LogP contribution in [0.3, 0.4) is 0 Å². The van der Waals surface area contributed by atoms with Crippen LogP contribution in [-0.4, -0.2) is 12.2 Å². The molecule has 0 atom stereocenters. The summed E-state index contributed by atoms with van der Waals surface area (Å²) in [6, 6.07) is 22.3. The quantitative estimate of drug-likeness (QED) is 0.322. The maximum Gasteiger partial charge on any atom is 0.343 e. The van der Waals surface area contributed by atoms with Crippen molar-refractivity contribution in [1.29, 1.82) is 0 Å². The molecule has 0 amide bonds. The van der Waals surface area contributed by atoms with Gasteiger partial charge in [-0.1, -0.05) is 45.8 Å². The van der Waals surface area contributed by atoms with E-state index in [1.807, 2.05) is 55.5 Å². The Labute approximate surface area is 155 Å². The number of aryl methyl sites for hydroxylation is 1. The first kappa shape index (κ1) is 17.1. The Kier molecular flexibility index (Phi) is 5.41. The maximum atomic E-state index is 12.2. The van der Waals surface area contributed by atoms with Crippen LogP contribution in [0.1, 0.15) is 21.5 Å². The highest BCUT2D eigenvalue weighted by Gasteiger charge is 2.08. The normalized spacial score (nSPS) is 10.8. The van der Waals surface area contributed by atoms with E-state index in [0.717, 1.165) is 15.7 Å². The minimum atomic E-state index is -0.385. The lowest BCUT2D eigenvalue weighted by Gasteiger charge is -2.04. The number of rotatable bonds is 4. The monoisotopic (exact) mass is 393 g/mol. The third-order valence-electron chi connectivity index (χ3n) is 3.57. The van der Waals surface area contributed by atoms with Crippen LogP contribution in [0.5, 0.6) is 5.75 Å². The SMILES string of the molecule is Cc1ccc(N=Cc2ccc(C(=O)Oc3ccc(Br)cc3)cc2)cc1. The average Bonchev–Trinajstić information content (AvgIpc) is 2.63. The number of esters is 1. The second kappa shape index (κ2) is 7.90. The van der Waals surface area contributed by atoms with E-state index in [4.69, 9.17) is 4.74 Å². The third kappa shape index (κ3) is 4.88. The maximum absolute atomic E-state index is 12.2. The molecule has 3 aromatic rings. The topological polar surface area (TPSA) is 38.7 Å². The Balaban J connectivity index is 1.66. The van der Waals surface area contributed by atoms with Gasteiger partial charge in [-0.2, -0.15) is 0 Å². The average molecular weight is 394 g/mol. The first-order chi connectivity index (χ1) is 12.1. The fourth-order valence-corrected chi connectivity index (χ4v) is 2.42. The van der Waals surface area contributed by atoms with E-state index in [0.29, 0.717) is 11.3 Å². The first-order valence-corrected chi connectivity index (χ1v) is 8.58. The van der Waals surface area contributed by atoms with Crippen molar-refractivity contribution in [2.45, 2.75) is 6.92 Å². The van der Waals surface area contributed by atoms with Crippen LogP contribution in [-0.2, 0) is 0 Å². The molecule has 0 aliphatic carbocycles. The van der Waals surface area contributed by atoms with Gasteiger partial charge in [0.15, 0.2) is 0 Å². The number of aliphatic imine (C=N–C) groups is 1. The Hall–Kier alpha value is -2.72. The molecule has 25 heavy (non-hydrogen) atoms. The van der Waals surface area contributed by atoms with Crippen LogP contribution < -0.4 is 4.74 Å². The molecule has 0 aliphatic heterocycles. The minimum absolute atomic E-state index is 0.385. The van der Waals surface area contributed by atoms with Crippen molar-refractivity contribution >= 4 is 33.8 Å². The molecule has 0 aromatic heterocycles. The number of hydrogen-bond acceptors (Lipinski definition) is 3. The molecule has 0 fully saturated rings. The summed E-state index contributed by atoms with van der Waals surface area (Å²) < 4.78 is 6.28. The van der Waals surface area contributed by atoms with E-state index in [1.54, 1.807) is 30.5 Å². The highest BCUT2D eigenvalue weighted by atomic mass is 79.9. The molecule has 0 bridgehead atoms. The Morgan fingerprint density at radius 1 is 0.920 bits per heavy atom. The predicted octanol–water partition coefficient (Wildman–Crippen LogP) is 5.73. The molecule has 0 heterocycles. The number of hydrogen-bond donors (Lipinski definition) is 0. The number of halogens is 1. The van der Waals surface area contributed by atoms with Crippen LogP contribution in [0, 0.1) is 6.92 Å². The van der Waals surface area contributed by atoms with Crippen molar-refractivity contribution in [3.63, 3.8) is 0 Å². The molecule has 0 saturated carbocycles. The van der Waals surface area contributed by atoms with Gasteiger partial charge in [0.2, 0.25) is 0 Å². The number of benzene rings is 3. The fraction of sp³-hybridized carbons (Fsp3) is 0.0476. The lowest BCUT2D eigenvalue weighted by Crippen LogP contribution is -2.08. The van der Waals surface area contributed by atoms with Crippen LogP contribution in [0.4, 0.5) is 5.69 Å². The van der Waals surface area contributed by atoms with Crippen molar-refractivity contribution < 1.29 is 9.53 Å². The van der Waals surface area contributed by atoms with Gasteiger partial charge in [0.05, 0.1) is 11.3 Å².